The summed E-state index contributed by atoms with van der Waals surface area (Å²) in [5.74, 6) is 0. The van der Waals surface area contributed by atoms with Crippen LogP contribution in [0.15, 0.2) is 65.7 Å². The molecule has 24 heavy (non-hydrogen) atoms. The smallest absolute Gasteiger partial charge is 0.433 e. The van der Waals surface area contributed by atoms with E-state index in [1.165, 1.54) is 6.29 Å². The molecule has 0 saturated heterocycles. The monoisotopic (exact) mass is 353 g/mol. The Morgan fingerprint density at radius 1 is 0.917 bits per heavy atom. The molecule has 0 N–H and O–H groups in total. The molecule has 122 valence electrons. The molecule has 0 bridgehead atoms. The van der Waals surface area contributed by atoms with Crippen LogP contribution in [0.2, 0.25) is 0 Å². The van der Waals surface area contributed by atoms with Crippen molar-refractivity contribution in [2.45, 2.75) is 13.8 Å². The molecule has 2 rings (SSSR count). The standard InChI is InChI=1S/C18H21NO3P.Na/c1-3-21-23(20,22-4-2)15-19-18(16-11-7-5-8-12-16)17-13-9-6-10-14-17;/h5-15H,3-4H2,1-2H3;/q-1;+1. The maximum absolute atomic E-state index is 12.6. The Morgan fingerprint density at radius 3 is 1.71 bits per heavy atom. The quantitative estimate of drug-likeness (QED) is 0.315. The molecule has 0 spiro atoms. The van der Waals surface area contributed by atoms with Crippen molar-refractivity contribution < 1.29 is 43.2 Å². The van der Waals surface area contributed by atoms with Crippen LogP contribution in [0, 0.1) is 6.29 Å². The second kappa shape index (κ2) is 10.9. The topological polar surface area (TPSA) is 47.9 Å². The van der Waals surface area contributed by atoms with Gasteiger partial charge in [-0.05, 0) is 20.1 Å². The van der Waals surface area contributed by atoms with Gasteiger partial charge in [0.05, 0.1) is 13.2 Å². The fraction of sp³-hybridized carbons (Fsp3) is 0.222. The third-order valence-corrected chi connectivity index (χ3v) is 4.68. The van der Waals surface area contributed by atoms with Crippen LogP contribution in [0.1, 0.15) is 25.0 Å². The SMILES string of the molecule is CCOP(=O)([CH-]N=C(c1ccccc1)c1ccccc1)OCC.[Na+]. The third-order valence-electron chi connectivity index (χ3n) is 3.04. The van der Waals surface area contributed by atoms with Gasteiger partial charge in [-0.3, -0.25) is 4.57 Å². The van der Waals surface area contributed by atoms with Gasteiger partial charge >= 0.3 is 29.6 Å². The number of hydrogen-bond acceptors (Lipinski definition) is 4. The summed E-state index contributed by atoms with van der Waals surface area (Å²) in [6.07, 6.45) is 1.30. The van der Waals surface area contributed by atoms with Crippen molar-refractivity contribution in [3.05, 3.63) is 78.1 Å². The Hall–Kier alpha value is -0.870. The predicted molar refractivity (Wildman–Crippen MR) is 93.7 cm³/mol. The summed E-state index contributed by atoms with van der Waals surface area (Å²) in [6, 6.07) is 19.5. The first kappa shape index (κ1) is 21.2. The molecule has 2 aromatic rings. The molecule has 2 aromatic carbocycles. The second-order valence-electron chi connectivity index (χ2n) is 4.70. The molecule has 0 aliphatic heterocycles. The van der Waals surface area contributed by atoms with Gasteiger partial charge in [-0.1, -0.05) is 77.5 Å². The summed E-state index contributed by atoms with van der Waals surface area (Å²) in [5.41, 5.74) is 2.61. The van der Waals surface area contributed by atoms with Crippen LogP contribution in [-0.2, 0) is 13.6 Å². The zero-order valence-electron chi connectivity index (χ0n) is 14.4. The zero-order chi connectivity index (χ0) is 16.5. The van der Waals surface area contributed by atoms with Crippen molar-refractivity contribution >= 4 is 13.3 Å². The van der Waals surface area contributed by atoms with E-state index in [0.717, 1.165) is 16.8 Å². The summed E-state index contributed by atoms with van der Waals surface area (Å²) >= 11 is 0. The molecule has 0 aromatic heterocycles. The Morgan fingerprint density at radius 2 is 1.33 bits per heavy atom. The van der Waals surface area contributed by atoms with Crippen molar-refractivity contribution in [2.75, 3.05) is 13.2 Å². The van der Waals surface area contributed by atoms with E-state index in [2.05, 4.69) is 4.99 Å². The van der Waals surface area contributed by atoms with E-state index in [0.29, 0.717) is 13.2 Å². The van der Waals surface area contributed by atoms with Crippen LogP contribution in [-0.4, -0.2) is 18.9 Å². The largest absolute Gasteiger partial charge is 1.00 e. The molecule has 0 unspecified atom stereocenters. The number of nitrogens with zero attached hydrogens (tertiary/aromatic N) is 1. The van der Waals surface area contributed by atoms with E-state index in [-0.39, 0.29) is 29.6 Å². The van der Waals surface area contributed by atoms with Crippen LogP contribution in [0.4, 0.5) is 0 Å². The van der Waals surface area contributed by atoms with Crippen molar-refractivity contribution in [2.24, 2.45) is 4.99 Å². The molecule has 4 nitrogen and oxygen atoms in total. The Bertz CT molecular complexity index is 626. The number of rotatable bonds is 8. The van der Waals surface area contributed by atoms with Gasteiger partial charge in [-0.2, -0.15) is 0 Å². The third kappa shape index (κ3) is 6.21. The van der Waals surface area contributed by atoms with Gasteiger partial charge < -0.3 is 14.0 Å². The minimum Gasteiger partial charge on any atom is -0.433 e. The summed E-state index contributed by atoms with van der Waals surface area (Å²) in [4.78, 5) is 4.45. The normalized spacial score (nSPS) is 10.6. The molecule has 0 fully saturated rings. The molecular formula is C18H21NNaO3P. The van der Waals surface area contributed by atoms with Gasteiger partial charge in [-0.15, -0.1) is 0 Å². The van der Waals surface area contributed by atoms with Crippen LogP contribution >= 0.6 is 7.60 Å². The number of hydrogen-bond donors (Lipinski definition) is 0. The first-order chi connectivity index (χ1) is 11.2. The van der Waals surface area contributed by atoms with Gasteiger partial charge in [0, 0.05) is 0 Å². The fourth-order valence-electron chi connectivity index (χ4n) is 2.10. The second-order valence-corrected chi connectivity index (χ2v) is 6.53. The molecular weight excluding hydrogens is 332 g/mol. The van der Waals surface area contributed by atoms with Crippen LogP contribution in [0.3, 0.4) is 0 Å². The summed E-state index contributed by atoms with van der Waals surface area (Å²) in [7, 11) is -3.33. The molecule has 0 amide bonds. The van der Waals surface area contributed by atoms with E-state index < -0.39 is 7.60 Å². The summed E-state index contributed by atoms with van der Waals surface area (Å²) in [5, 5.41) is 0. The molecule has 0 aliphatic carbocycles. The van der Waals surface area contributed by atoms with E-state index in [9.17, 15) is 4.57 Å². The number of benzene rings is 2. The zero-order valence-corrected chi connectivity index (χ0v) is 17.3. The predicted octanol–water partition coefficient (Wildman–Crippen LogP) is 1.91. The fourth-order valence-corrected chi connectivity index (χ4v) is 3.28. The molecule has 6 heteroatoms. The van der Waals surface area contributed by atoms with Crippen LogP contribution < -0.4 is 29.6 Å². The maximum Gasteiger partial charge on any atom is 1.00 e. The van der Waals surface area contributed by atoms with Crippen molar-refractivity contribution in [1.29, 1.82) is 0 Å². The van der Waals surface area contributed by atoms with E-state index in [1.54, 1.807) is 13.8 Å². The summed E-state index contributed by atoms with van der Waals surface area (Å²) in [6.45, 7) is 4.15. The van der Waals surface area contributed by atoms with Gasteiger partial charge in [-0.25, -0.2) is 0 Å². The molecule has 0 atom stereocenters. The Balaban J connectivity index is 0.00000288. The summed E-state index contributed by atoms with van der Waals surface area (Å²) < 4.78 is 23.1. The van der Waals surface area contributed by atoms with E-state index >= 15 is 0 Å². The molecule has 0 heterocycles. The number of aliphatic imine (C=N–C) groups is 1. The van der Waals surface area contributed by atoms with Crippen molar-refractivity contribution in [3.63, 3.8) is 0 Å². The first-order valence-corrected chi connectivity index (χ1v) is 9.21. The van der Waals surface area contributed by atoms with Crippen LogP contribution in [0.5, 0.6) is 0 Å². The van der Waals surface area contributed by atoms with E-state index in [4.69, 9.17) is 9.05 Å². The maximum atomic E-state index is 12.6. The molecule has 0 radical (unpaired) electrons. The van der Waals surface area contributed by atoms with Gasteiger partial charge in [0.25, 0.3) is 7.60 Å². The van der Waals surface area contributed by atoms with Crippen molar-refractivity contribution in [1.82, 2.24) is 0 Å². The first-order valence-electron chi connectivity index (χ1n) is 7.60. The van der Waals surface area contributed by atoms with E-state index in [1.807, 2.05) is 60.7 Å². The van der Waals surface area contributed by atoms with Gasteiger partial charge in [0.2, 0.25) is 0 Å². The van der Waals surface area contributed by atoms with Gasteiger partial charge in [0.1, 0.15) is 0 Å². The average Bonchev–Trinajstić information content (AvgIpc) is 2.57. The molecule has 0 aliphatic rings. The van der Waals surface area contributed by atoms with Crippen molar-refractivity contribution in [3.8, 4) is 0 Å². The average molecular weight is 353 g/mol. The van der Waals surface area contributed by atoms with Crippen LogP contribution in [0.25, 0.3) is 0 Å². The van der Waals surface area contributed by atoms with Gasteiger partial charge in [0.15, 0.2) is 0 Å². The minimum absolute atomic E-state index is 0. The Labute approximate surface area is 166 Å². The minimum atomic E-state index is -3.33. The molecule has 0 saturated carbocycles. The Kier molecular flexibility index (Phi) is 9.60.